The van der Waals surface area contributed by atoms with E-state index in [0.717, 1.165) is 12.0 Å². The second-order valence-electron chi connectivity index (χ2n) is 5.97. The molecule has 1 aromatic carbocycles. The average Bonchev–Trinajstić information content (AvgIpc) is 2.93. The maximum Gasteiger partial charge on any atom is 0.252 e. The van der Waals surface area contributed by atoms with E-state index in [-0.39, 0.29) is 12.1 Å². The highest BCUT2D eigenvalue weighted by molar-refractivity contribution is 5.92. The molecular weight excluding hydrogens is 280 g/mol. The van der Waals surface area contributed by atoms with Crippen molar-refractivity contribution < 1.29 is 14.7 Å². The van der Waals surface area contributed by atoms with Gasteiger partial charge in [-0.1, -0.05) is 30.3 Å². The lowest BCUT2D eigenvalue weighted by molar-refractivity contribution is -0.139. The third-order valence-corrected chi connectivity index (χ3v) is 3.61. The SMILES string of the molecule is CC(C)(O)C(=O)N[C@@H]1CCCN1C(=O)/C=C/c1ccccc1. The van der Waals surface area contributed by atoms with E-state index >= 15 is 0 Å². The van der Waals surface area contributed by atoms with Crippen molar-refractivity contribution >= 4 is 17.9 Å². The molecule has 2 N–H and O–H groups in total. The maximum atomic E-state index is 12.3. The summed E-state index contributed by atoms with van der Waals surface area (Å²) in [6.45, 7) is 3.46. The number of rotatable bonds is 4. The van der Waals surface area contributed by atoms with E-state index < -0.39 is 11.5 Å². The Labute approximate surface area is 130 Å². The predicted octanol–water partition coefficient (Wildman–Crippen LogP) is 1.54. The summed E-state index contributed by atoms with van der Waals surface area (Å²) in [5, 5.41) is 12.4. The number of likely N-dealkylation sites (tertiary alicyclic amines) is 1. The van der Waals surface area contributed by atoms with Gasteiger partial charge in [-0.2, -0.15) is 0 Å². The third-order valence-electron chi connectivity index (χ3n) is 3.61. The Balaban J connectivity index is 1.99. The van der Waals surface area contributed by atoms with Crippen molar-refractivity contribution in [2.75, 3.05) is 6.54 Å². The predicted molar refractivity (Wildman–Crippen MR) is 84.7 cm³/mol. The Morgan fingerprint density at radius 2 is 2.00 bits per heavy atom. The lowest BCUT2D eigenvalue weighted by atomic mass is 10.1. The second-order valence-corrected chi connectivity index (χ2v) is 5.97. The molecule has 0 saturated carbocycles. The van der Waals surface area contributed by atoms with E-state index in [1.165, 1.54) is 19.9 Å². The Bertz CT molecular complexity index is 561. The van der Waals surface area contributed by atoms with Gasteiger partial charge in [0.25, 0.3) is 5.91 Å². The molecular formula is C17H22N2O3. The van der Waals surface area contributed by atoms with Crippen molar-refractivity contribution in [2.24, 2.45) is 0 Å². The first-order valence-electron chi connectivity index (χ1n) is 7.45. The minimum atomic E-state index is -1.45. The third kappa shape index (κ3) is 4.18. The van der Waals surface area contributed by atoms with E-state index in [2.05, 4.69) is 5.32 Å². The average molecular weight is 302 g/mol. The highest BCUT2D eigenvalue weighted by Crippen LogP contribution is 2.17. The monoisotopic (exact) mass is 302 g/mol. The van der Waals surface area contributed by atoms with Crippen LogP contribution in [-0.4, -0.2) is 40.1 Å². The number of hydrogen-bond acceptors (Lipinski definition) is 3. The van der Waals surface area contributed by atoms with Crippen LogP contribution in [0.4, 0.5) is 0 Å². The zero-order valence-electron chi connectivity index (χ0n) is 13.0. The van der Waals surface area contributed by atoms with Crippen LogP contribution in [0.3, 0.4) is 0 Å². The Kier molecular flexibility index (Phi) is 4.98. The van der Waals surface area contributed by atoms with Crippen LogP contribution in [0.25, 0.3) is 6.08 Å². The Morgan fingerprint density at radius 1 is 1.32 bits per heavy atom. The molecule has 1 saturated heterocycles. The van der Waals surface area contributed by atoms with E-state index in [1.54, 1.807) is 11.0 Å². The zero-order chi connectivity index (χ0) is 16.2. The van der Waals surface area contributed by atoms with Crippen molar-refractivity contribution in [2.45, 2.75) is 38.5 Å². The molecule has 0 aromatic heterocycles. The van der Waals surface area contributed by atoms with Crippen LogP contribution in [0.2, 0.25) is 0 Å². The first-order chi connectivity index (χ1) is 10.4. The molecule has 1 atom stereocenters. The van der Waals surface area contributed by atoms with Gasteiger partial charge >= 0.3 is 0 Å². The van der Waals surface area contributed by atoms with Crippen LogP contribution >= 0.6 is 0 Å². The molecule has 0 aliphatic carbocycles. The molecule has 118 valence electrons. The first-order valence-corrected chi connectivity index (χ1v) is 7.45. The summed E-state index contributed by atoms with van der Waals surface area (Å²) >= 11 is 0. The number of aliphatic hydroxyl groups is 1. The number of hydrogen-bond donors (Lipinski definition) is 2. The molecule has 1 aliphatic rings. The number of carbonyl (C=O) groups is 2. The number of benzene rings is 1. The standard InChI is InChI=1S/C17H22N2O3/c1-17(2,22)16(21)18-14-9-6-12-19(14)15(20)11-10-13-7-4-3-5-8-13/h3-5,7-8,10-11,14,22H,6,9,12H2,1-2H3,(H,18,21)/b11-10+/t14-/m0/s1. The van der Waals surface area contributed by atoms with Crippen molar-refractivity contribution in [3.63, 3.8) is 0 Å². The summed E-state index contributed by atoms with van der Waals surface area (Å²) in [4.78, 5) is 25.8. The van der Waals surface area contributed by atoms with Gasteiger partial charge in [-0.15, -0.1) is 0 Å². The van der Waals surface area contributed by atoms with Crippen LogP contribution in [0, 0.1) is 0 Å². The van der Waals surface area contributed by atoms with Gasteiger partial charge in [0.1, 0.15) is 11.8 Å². The van der Waals surface area contributed by atoms with Gasteiger partial charge in [-0.3, -0.25) is 9.59 Å². The van der Waals surface area contributed by atoms with Crippen LogP contribution < -0.4 is 5.32 Å². The topological polar surface area (TPSA) is 69.6 Å². The fourth-order valence-electron chi connectivity index (χ4n) is 2.34. The molecule has 2 rings (SSSR count). The second kappa shape index (κ2) is 6.75. The molecule has 1 heterocycles. The summed E-state index contributed by atoms with van der Waals surface area (Å²) in [6.07, 6.45) is 4.46. The van der Waals surface area contributed by atoms with Crippen LogP contribution in [0.15, 0.2) is 36.4 Å². The van der Waals surface area contributed by atoms with Crippen molar-refractivity contribution in [3.8, 4) is 0 Å². The van der Waals surface area contributed by atoms with Gasteiger partial charge in [-0.25, -0.2) is 0 Å². The van der Waals surface area contributed by atoms with Crippen molar-refractivity contribution in [3.05, 3.63) is 42.0 Å². The lowest BCUT2D eigenvalue weighted by Gasteiger charge is -2.27. The highest BCUT2D eigenvalue weighted by atomic mass is 16.3. The molecule has 0 spiro atoms. The normalized spacial score (nSPS) is 18.7. The lowest BCUT2D eigenvalue weighted by Crippen LogP contribution is -2.52. The van der Waals surface area contributed by atoms with Gasteiger partial charge in [0.05, 0.1) is 0 Å². The summed E-state index contributed by atoms with van der Waals surface area (Å²) in [7, 11) is 0. The number of nitrogens with one attached hydrogen (secondary N) is 1. The number of carbonyl (C=O) groups excluding carboxylic acids is 2. The molecule has 22 heavy (non-hydrogen) atoms. The number of amides is 2. The summed E-state index contributed by atoms with van der Waals surface area (Å²) in [6, 6.07) is 9.57. The smallest absolute Gasteiger partial charge is 0.252 e. The Morgan fingerprint density at radius 3 is 2.64 bits per heavy atom. The van der Waals surface area contributed by atoms with Gasteiger partial charge in [0.15, 0.2) is 0 Å². The molecule has 2 amide bonds. The van der Waals surface area contributed by atoms with Gasteiger partial charge < -0.3 is 15.3 Å². The van der Waals surface area contributed by atoms with Crippen LogP contribution in [-0.2, 0) is 9.59 Å². The molecule has 1 aliphatic heterocycles. The molecule has 5 nitrogen and oxygen atoms in total. The van der Waals surface area contributed by atoms with Crippen molar-refractivity contribution in [1.29, 1.82) is 0 Å². The maximum absolute atomic E-state index is 12.3. The van der Waals surface area contributed by atoms with Gasteiger partial charge in [0, 0.05) is 12.6 Å². The molecule has 1 fully saturated rings. The van der Waals surface area contributed by atoms with E-state index in [9.17, 15) is 14.7 Å². The molecule has 0 radical (unpaired) electrons. The minimum absolute atomic E-state index is 0.137. The molecule has 0 bridgehead atoms. The molecule has 0 unspecified atom stereocenters. The highest BCUT2D eigenvalue weighted by Gasteiger charge is 2.32. The largest absolute Gasteiger partial charge is 0.381 e. The molecule has 5 heteroatoms. The summed E-state index contributed by atoms with van der Waals surface area (Å²) in [5.41, 5.74) is -0.496. The van der Waals surface area contributed by atoms with E-state index in [1.807, 2.05) is 30.3 Å². The van der Waals surface area contributed by atoms with Gasteiger partial charge in [-0.05, 0) is 38.3 Å². The van der Waals surface area contributed by atoms with Crippen molar-refractivity contribution in [1.82, 2.24) is 10.2 Å². The van der Waals surface area contributed by atoms with Gasteiger partial charge in [0.2, 0.25) is 5.91 Å². The summed E-state index contributed by atoms with van der Waals surface area (Å²) < 4.78 is 0. The van der Waals surface area contributed by atoms with Crippen LogP contribution in [0.5, 0.6) is 0 Å². The molecule has 1 aromatic rings. The summed E-state index contributed by atoms with van der Waals surface area (Å²) in [5.74, 6) is -0.605. The first kappa shape index (κ1) is 16.2. The minimum Gasteiger partial charge on any atom is -0.381 e. The fourth-order valence-corrected chi connectivity index (χ4v) is 2.34. The van der Waals surface area contributed by atoms with E-state index in [0.29, 0.717) is 13.0 Å². The quantitative estimate of drug-likeness (QED) is 0.829. The van der Waals surface area contributed by atoms with E-state index in [4.69, 9.17) is 0 Å². The number of nitrogens with zero attached hydrogens (tertiary/aromatic N) is 1. The Hall–Kier alpha value is -2.14. The zero-order valence-corrected chi connectivity index (χ0v) is 13.0. The van der Waals surface area contributed by atoms with Crippen LogP contribution in [0.1, 0.15) is 32.3 Å². The fraction of sp³-hybridized carbons (Fsp3) is 0.412.